The van der Waals surface area contributed by atoms with Crippen molar-refractivity contribution in [2.45, 2.75) is 38.0 Å². The van der Waals surface area contributed by atoms with Gasteiger partial charge < -0.3 is 10.5 Å². The van der Waals surface area contributed by atoms with Gasteiger partial charge in [-0.3, -0.25) is 4.90 Å². The van der Waals surface area contributed by atoms with E-state index in [4.69, 9.17) is 20.7 Å². The van der Waals surface area contributed by atoms with Crippen molar-refractivity contribution in [3.8, 4) is 11.4 Å². The molecule has 6 nitrogen and oxygen atoms in total. The number of rotatable bonds is 4. The molecule has 0 bridgehead atoms. The van der Waals surface area contributed by atoms with Gasteiger partial charge in [-0.15, -0.1) is 15.0 Å². The first-order valence-electron chi connectivity index (χ1n) is 11.3. The summed E-state index contributed by atoms with van der Waals surface area (Å²) in [4.78, 5) is 4.21. The molecular formula is C26H27N5O. The number of nitrogens with zero attached hydrogens (tertiary/aromatic N) is 4. The fourth-order valence-electron chi connectivity index (χ4n) is 5.10. The molecule has 1 aliphatic heterocycles. The highest BCUT2D eigenvalue weighted by Crippen LogP contribution is 2.40. The molecule has 0 radical (unpaired) electrons. The largest absolute Gasteiger partial charge is 0.482 e. The van der Waals surface area contributed by atoms with E-state index in [0.717, 1.165) is 54.0 Å². The Kier molecular flexibility index (Phi) is 4.70. The molecule has 1 aliphatic carbocycles. The number of fused-ring (bicyclic) bond motifs is 2. The number of ether oxygens (including phenoxy) is 1. The number of likely N-dealkylation sites (tertiary alicyclic amines) is 1. The molecule has 2 aliphatic rings. The van der Waals surface area contributed by atoms with E-state index in [0.29, 0.717) is 0 Å². The maximum absolute atomic E-state index is 6.82. The standard InChI is InChI=1S/C26H27N5O/c1-17-10-11-25(23(14-17)31-28-21-8-4-5-9-22(21)29-31)32-26-20-7-3-2-6-18(20)15-24(26)30-13-12-19(27)16-30/h2-11,14,19,24,26H,12-13,15-16,27H2,1H3/t19-,24+,26+/m0/s1. The van der Waals surface area contributed by atoms with Crippen molar-refractivity contribution in [3.63, 3.8) is 0 Å². The molecule has 1 saturated heterocycles. The van der Waals surface area contributed by atoms with E-state index in [1.165, 1.54) is 11.1 Å². The van der Waals surface area contributed by atoms with Gasteiger partial charge in [0.15, 0.2) is 0 Å². The van der Waals surface area contributed by atoms with Crippen LogP contribution >= 0.6 is 0 Å². The second-order valence-electron chi connectivity index (χ2n) is 9.00. The second-order valence-corrected chi connectivity index (χ2v) is 9.00. The topological polar surface area (TPSA) is 69.2 Å². The number of benzene rings is 3. The zero-order valence-corrected chi connectivity index (χ0v) is 18.2. The Morgan fingerprint density at radius 1 is 0.969 bits per heavy atom. The van der Waals surface area contributed by atoms with Crippen LogP contribution in [0.5, 0.6) is 5.75 Å². The zero-order valence-electron chi connectivity index (χ0n) is 18.2. The van der Waals surface area contributed by atoms with E-state index in [-0.39, 0.29) is 18.2 Å². The van der Waals surface area contributed by atoms with Gasteiger partial charge in [-0.25, -0.2) is 0 Å². The number of aromatic nitrogens is 3. The molecule has 1 aromatic heterocycles. The highest BCUT2D eigenvalue weighted by molar-refractivity contribution is 5.73. The first kappa shape index (κ1) is 19.5. The van der Waals surface area contributed by atoms with Crippen LogP contribution in [0.2, 0.25) is 0 Å². The third-order valence-corrected chi connectivity index (χ3v) is 6.74. The summed E-state index contributed by atoms with van der Waals surface area (Å²) < 4.78 is 6.82. The average Bonchev–Trinajstić information content (AvgIpc) is 3.51. The zero-order chi connectivity index (χ0) is 21.7. The molecule has 1 fully saturated rings. The molecule has 162 valence electrons. The monoisotopic (exact) mass is 425 g/mol. The molecule has 3 aromatic carbocycles. The molecule has 0 spiro atoms. The van der Waals surface area contributed by atoms with E-state index in [9.17, 15) is 0 Å². The SMILES string of the molecule is Cc1ccc(O[C@@H]2c3ccccc3C[C@H]2N2CC[C@H](N)C2)c(-n2nc3ccccc3n2)c1. The lowest BCUT2D eigenvalue weighted by Crippen LogP contribution is -2.40. The van der Waals surface area contributed by atoms with Crippen molar-refractivity contribution in [2.75, 3.05) is 13.1 Å². The highest BCUT2D eigenvalue weighted by atomic mass is 16.5. The van der Waals surface area contributed by atoms with E-state index < -0.39 is 0 Å². The van der Waals surface area contributed by atoms with Gasteiger partial charge in [-0.2, -0.15) is 0 Å². The lowest BCUT2D eigenvalue weighted by Gasteiger charge is -2.30. The molecule has 3 atom stereocenters. The number of nitrogens with two attached hydrogens (primary N) is 1. The normalized spacial score (nSPS) is 23.0. The van der Waals surface area contributed by atoms with Gasteiger partial charge in [0.25, 0.3) is 0 Å². The van der Waals surface area contributed by atoms with Crippen molar-refractivity contribution < 1.29 is 4.74 Å². The summed E-state index contributed by atoms with van der Waals surface area (Å²) in [6.45, 7) is 4.02. The van der Waals surface area contributed by atoms with Crippen molar-refractivity contribution in [1.82, 2.24) is 19.9 Å². The molecule has 6 heteroatoms. The third kappa shape index (κ3) is 3.36. The Morgan fingerprint density at radius 2 is 1.72 bits per heavy atom. The van der Waals surface area contributed by atoms with Gasteiger partial charge in [0.05, 0.1) is 6.04 Å². The van der Waals surface area contributed by atoms with Crippen LogP contribution < -0.4 is 10.5 Å². The van der Waals surface area contributed by atoms with Gasteiger partial charge in [0, 0.05) is 19.1 Å². The van der Waals surface area contributed by atoms with Crippen molar-refractivity contribution >= 4 is 11.0 Å². The third-order valence-electron chi connectivity index (χ3n) is 6.74. The summed E-state index contributed by atoms with van der Waals surface area (Å²) in [5.41, 5.74) is 12.6. The Labute approximate surface area is 187 Å². The van der Waals surface area contributed by atoms with Gasteiger partial charge in [0.2, 0.25) is 0 Å². The van der Waals surface area contributed by atoms with E-state index in [2.05, 4.69) is 48.2 Å². The van der Waals surface area contributed by atoms with Crippen LogP contribution in [0.25, 0.3) is 16.7 Å². The molecule has 6 rings (SSSR count). The lowest BCUT2D eigenvalue weighted by atomic mass is 10.1. The fraction of sp³-hybridized carbons (Fsp3) is 0.308. The van der Waals surface area contributed by atoms with E-state index in [1.54, 1.807) is 4.80 Å². The Balaban J connectivity index is 1.40. The Hall–Kier alpha value is -3.22. The van der Waals surface area contributed by atoms with E-state index >= 15 is 0 Å². The highest BCUT2D eigenvalue weighted by Gasteiger charge is 2.40. The summed E-state index contributed by atoms with van der Waals surface area (Å²) in [6, 6.07) is 23.3. The van der Waals surface area contributed by atoms with Crippen LogP contribution in [-0.4, -0.2) is 45.1 Å². The minimum Gasteiger partial charge on any atom is -0.482 e. The fourth-order valence-corrected chi connectivity index (χ4v) is 5.10. The van der Waals surface area contributed by atoms with Crippen molar-refractivity contribution in [2.24, 2.45) is 5.73 Å². The smallest absolute Gasteiger partial charge is 0.147 e. The summed E-state index contributed by atoms with van der Waals surface area (Å²) in [7, 11) is 0. The average molecular weight is 426 g/mol. The first-order valence-corrected chi connectivity index (χ1v) is 11.3. The van der Waals surface area contributed by atoms with Crippen LogP contribution in [0.3, 0.4) is 0 Å². The van der Waals surface area contributed by atoms with Crippen molar-refractivity contribution in [1.29, 1.82) is 0 Å². The summed E-state index contributed by atoms with van der Waals surface area (Å²) in [5.74, 6) is 0.797. The molecule has 2 heterocycles. The molecule has 0 unspecified atom stereocenters. The lowest BCUT2D eigenvalue weighted by molar-refractivity contribution is 0.0930. The molecular weight excluding hydrogens is 398 g/mol. The second kappa shape index (κ2) is 7.73. The quantitative estimate of drug-likeness (QED) is 0.539. The predicted octanol–water partition coefficient (Wildman–Crippen LogP) is 3.81. The summed E-state index contributed by atoms with van der Waals surface area (Å²) in [6.07, 6.45) is 1.97. The minimum atomic E-state index is -0.0528. The van der Waals surface area contributed by atoms with Crippen LogP contribution in [0.4, 0.5) is 0 Å². The van der Waals surface area contributed by atoms with Crippen LogP contribution in [0.1, 0.15) is 29.2 Å². The van der Waals surface area contributed by atoms with Gasteiger partial charge in [-0.05, 0) is 60.7 Å². The molecule has 4 aromatic rings. The minimum absolute atomic E-state index is 0.0528. The van der Waals surface area contributed by atoms with Crippen LogP contribution in [-0.2, 0) is 6.42 Å². The molecule has 2 N–H and O–H groups in total. The summed E-state index contributed by atoms with van der Waals surface area (Å²) >= 11 is 0. The Bertz CT molecular complexity index is 1250. The number of aryl methyl sites for hydroxylation is 1. The van der Waals surface area contributed by atoms with Gasteiger partial charge in [-0.1, -0.05) is 42.5 Å². The van der Waals surface area contributed by atoms with E-state index in [1.807, 2.05) is 30.3 Å². The predicted molar refractivity (Wildman–Crippen MR) is 125 cm³/mol. The van der Waals surface area contributed by atoms with Gasteiger partial charge >= 0.3 is 0 Å². The maximum Gasteiger partial charge on any atom is 0.147 e. The van der Waals surface area contributed by atoms with Crippen LogP contribution in [0.15, 0.2) is 66.7 Å². The van der Waals surface area contributed by atoms with Crippen LogP contribution in [0, 0.1) is 6.92 Å². The number of hydrogen-bond donors (Lipinski definition) is 1. The molecule has 32 heavy (non-hydrogen) atoms. The Morgan fingerprint density at radius 3 is 2.47 bits per heavy atom. The van der Waals surface area contributed by atoms with Crippen molar-refractivity contribution in [3.05, 3.63) is 83.4 Å². The maximum atomic E-state index is 6.82. The number of hydrogen-bond acceptors (Lipinski definition) is 5. The summed E-state index contributed by atoms with van der Waals surface area (Å²) in [5, 5.41) is 9.42. The molecule has 0 amide bonds. The molecule has 0 saturated carbocycles. The first-order chi connectivity index (χ1) is 15.7. The van der Waals surface area contributed by atoms with Gasteiger partial charge in [0.1, 0.15) is 28.6 Å².